The van der Waals surface area contributed by atoms with E-state index in [0.717, 1.165) is 4.90 Å². The van der Waals surface area contributed by atoms with E-state index in [1.165, 1.54) is 16.7 Å². The lowest BCUT2D eigenvalue weighted by molar-refractivity contribution is -0.142. The van der Waals surface area contributed by atoms with Crippen LogP contribution in [0.2, 0.25) is 0 Å². The van der Waals surface area contributed by atoms with E-state index in [2.05, 4.69) is 0 Å². The monoisotopic (exact) mass is 299 g/mol. The number of nitrogens with zero attached hydrogens (tertiary/aromatic N) is 3. The van der Waals surface area contributed by atoms with Crippen LogP contribution in [0.15, 0.2) is 0 Å². The van der Waals surface area contributed by atoms with Crippen molar-refractivity contribution in [3.8, 4) is 0 Å². The van der Waals surface area contributed by atoms with Crippen molar-refractivity contribution >= 4 is 23.8 Å². The highest BCUT2D eigenvalue weighted by Crippen LogP contribution is 2.10. The fraction of sp³-hybridized carbons (Fsp3) is 0.692. The molecule has 1 fully saturated rings. The van der Waals surface area contributed by atoms with Crippen LogP contribution in [0.25, 0.3) is 0 Å². The number of hydrogen-bond donors (Lipinski definition) is 1. The number of amides is 4. The standard InChI is InChI=1S/C13H21N3O5/c1-9(12(19)20)7-14(2)10(17)5-4-6-16-11(18)8-15(3)13(16)21/h9H,4-8H2,1-3H3,(H,19,20). The average molecular weight is 299 g/mol. The number of hydrogen-bond acceptors (Lipinski definition) is 4. The van der Waals surface area contributed by atoms with Gasteiger partial charge in [-0.1, -0.05) is 6.92 Å². The van der Waals surface area contributed by atoms with Gasteiger partial charge in [-0.15, -0.1) is 0 Å². The van der Waals surface area contributed by atoms with Crippen LogP contribution in [0.4, 0.5) is 4.79 Å². The van der Waals surface area contributed by atoms with Crippen molar-refractivity contribution in [2.45, 2.75) is 19.8 Å². The van der Waals surface area contributed by atoms with E-state index in [-0.39, 0.29) is 43.9 Å². The number of urea groups is 1. The summed E-state index contributed by atoms with van der Waals surface area (Å²) in [4.78, 5) is 49.5. The number of likely N-dealkylation sites (N-methyl/N-ethyl adjacent to an activating group) is 1. The Labute approximate surface area is 123 Å². The van der Waals surface area contributed by atoms with Crippen molar-refractivity contribution < 1.29 is 24.3 Å². The van der Waals surface area contributed by atoms with Crippen molar-refractivity contribution in [3.63, 3.8) is 0 Å². The quantitative estimate of drug-likeness (QED) is 0.659. The Kier molecular flexibility index (Phi) is 5.69. The van der Waals surface area contributed by atoms with Gasteiger partial charge in [0.1, 0.15) is 6.54 Å². The van der Waals surface area contributed by atoms with Crippen molar-refractivity contribution in [2.24, 2.45) is 5.92 Å². The van der Waals surface area contributed by atoms with Gasteiger partial charge in [-0.25, -0.2) is 4.79 Å². The number of imide groups is 1. The molecule has 1 unspecified atom stereocenters. The minimum Gasteiger partial charge on any atom is -0.481 e. The predicted molar refractivity (Wildman–Crippen MR) is 73.4 cm³/mol. The molecule has 1 N–H and O–H groups in total. The molecule has 0 bridgehead atoms. The van der Waals surface area contributed by atoms with Crippen LogP contribution in [-0.2, 0) is 14.4 Å². The van der Waals surface area contributed by atoms with Gasteiger partial charge < -0.3 is 14.9 Å². The molecule has 8 heteroatoms. The van der Waals surface area contributed by atoms with Crippen molar-refractivity contribution in [1.82, 2.24) is 14.7 Å². The van der Waals surface area contributed by atoms with Crippen molar-refractivity contribution in [1.29, 1.82) is 0 Å². The summed E-state index contributed by atoms with van der Waals surface area (Å²) in [5, 5.41) is 8.79. The summed E-state index contributed by atoms with van der Waals surface area (Å²) in [7, 11) is 3.09. The topological polar surface area (TPSA) is 98.2 Å². The molecule has 4 amide bonds. The van der Waals surface area contributed by atoms with Crippen molar-refractivity contribution in [3.05, 3.63) is 0 Å². The normalized spacial score (nSPS) is 16.3. The van der Waals surface area contributed by atoms with Gasteiger partial charge >= 0.3 is 12.0 Å². The molecule has 0 aromatic rings. The highest BCUT2D eigenvalue weighted by Gasteiger charge is 2.32. The van der Waals surface area contributed by atoms with Crippen LogP contribution in [0.5, 0.6) is 0 Å². The van der Waals surface area contributed by atoms with Gasteiger partial charge in [-0.3, -0.25) is 19.3 Å². The predicted octanol–water partition coefficient (Wildman–Crippen LogP) is -0.160. The van der Waals surface area contributed by atoms with Gasteiger partial charge in [0.2, 0.25) is 11.8 Å². The molecule has 1 heterocycles. The molecule has 0 aromatic carbocycles. The molecular weight excluding hydrogens is 278 g/mol. The summed E-state index contributed by atoms with van der Waals surface area (Å²) in [6.07, 6.45) is 0.541. The minimum atomic E-state index is -0.953. The zero-order chi connectivity index (χ0) is 16.2. The second-order valence-electron chi connectivity index (χ2n) is 5.30. The summed E-state index contributed by atoms with van der Waals surface area (Å²) in [5.74, 6) is -2.04. The first-order valence-corrected chi connectivity index (χ1v) is 6.76. The van der Waals surface area contributed by atoms with Gasteiger partial charge in [0.05, 0.1) is 5.92 Å². The van der Waals surface area contributed by atoms with E-state index >= 15 is 0 Å². The van der Waals surface area contributed by atoms with E-state index in [1.54, 1.807) is 14.1 Å². The second-order valence-corrected chi connectivity index (χ2v) is 5.30. The molecule has 1 atom stereocenters. The lowest BCUT2D eigenvalue weighted by atomic mass is 10.1. The Bertz CT molecular complexity index is 451. The number of carbonyl (C=O) groups is 4. The third-order valence-corrected chi connectivity index (χ3v) is 3.40. The van der Waals surface area contributed by atoms with Gasteiger partial charge in [0, 0.05) is 33.6 Å². The van der Waals surface area contributed by atoms with E-state index in [1.807, 2.05) is 0 Å². The maximum Gasteiger partial charge on any atom is 0.326 e. The molecule has 0 radical (unpaired) electrons. The fourth-order valence-electron chi connectivity index (χ4n) is 2.06. The van der Waals surface area contributed by atoms with Crippen LogP contribution in [0.1, 0.15) is 19.8 Å². The molecule has 0 aliphatic carbocycles. The molecule has 1 rings (SSSR count). The average Bonchev–Trinajstić information content (AvgIpc) is 2.64. The zero-order valence-corrected chi connectivity index (χ0v) is 12.5. The molecule has 8 nitrogen and oxygen atoms in total. The highest BCUT2D eigenvalue weighted by molar-refractivity contribution is 6.01. The van der Waals surface area contributed by atoms with Crippen LogP contribution < -0.4 is 0 Å². The van der Waals surface area contributed by atoms with Crippen LogP contribution in [0, 0.1) is 5.92 Å². The van der Waals surface area contributed by atoms with E-state index in [9.17, 15) is 19.2 Å². The largest absolute Gasteiger partial charge is 0.481 e. The van der Waals surface area contributed by atoms with Crippen LogP contribution >= 0.6 is 0 Å². The Balaban J connectivity index is 2.35. The van der Waals surface area contributed by atoms with Crippen LogP contribution in [-0.4, -0.2) is 77.4 Å². The van der Waals surface area contributed by atoms with E-state index in [4.69, 9.17) is 5.11 Å². The molecular formula is C13H21N3O5. The van der Waals surface area contributed by atoms with Crippen LogP contribution in [0.3, 0.4) is 0 Å². The number of carbonyl (C=O) groups excluding carboxylic acids is 3. The molecule has 1 aliphatic heterocycles. The Morgan fingerprint density at radius 3 is 2.48 bits per heavy atom. The van der Waals surface area contributed by atoms with E-state index in [0.29, 0.717) is 6.42 Å². The summed E-state index contributed by atoms with van der Waals surface area (Å²) in [5.41, 5.74) is 0. The van der Waals surface area contributed by atoms with Crippen molar-refractivity contribution in [2.75, 3.05) is 33.7 Å². The lowest BCUT2D eigenvalue weighted by Gasteiger charge is -2.20. The van der Waals surface area contributed by atoms with E-state index < -0.39 is 11.9 Å². The molecule has 0 aromatic heterocycles. The molecule has 1 saturated heterocycles. The molecule has 1 aliphatic rings. The Hall–Kier alpha value is -2.12. The molecule has 0 spiro atoms. The molecule has 21 heavy (non-hydrogen) atoms. The molecule has 0 saturated carbocycles. The molecule has 118 valence electrons. The first kappa shape index (κ1) is 16.9. The fourth-order valence-corrected chi connectivity index (χ4v) is 2.06. The first-order valence-electron chi connectivity index (χ1n) is 6.76. The number of carboxylic acids is 1. The summed E-state index contributed by atoms with van der Waals surface area (Å²) >= 11 is 0. The smallest absolute Gasteiger partial charge is 0.326 e. The Morgan fingerprint density at radius 2 is 2.00 bits per heavy atom. The van der Waals surface area contributed by atoms with Gasteiger partial charge in [-0.2, -0.15) is 0 Å². The third-order valence-electron chi connectivity index (χ3n) is 3.40. The minimum absolute atomic E-state index is 0.0722. The zero-order valence-electron chi connectivity index (χ0n) is 12.5. The highest BCUT2D eigenvalue weighted by atomic mass is 16.4. The van der Waals surface area contributed by atoms with Gasteiger partial charge in [-0.05, 0) is 6.42 Å². The van der Waals surface area contributed by atoms with Gasteiger partial charge in [0.15, 0.2) is 0 Å². The third kappa shape index (κ3) is 4.44. The summed E-state index contributed by atoms with van der Waals surface area (Å²) in [6, 6.07) is -0.347. The number of carboxylic acid groups (broad SMARTS) is 1. The van der Waals surface area contributed by atoms with Gasteiger partial charge in [0.25, 0.3) is 0 Å². The summed E-state index contributed by atoms with van der Waals surface area (Å²) < 4.78 is 0. The lowest BCUT2D eigenvalue weighted by Crippen LogP contribution is -2.35. The summed E-state index contributed by atoms with van der Waals surface area (Å²) in [6.45, 7) is 1.95. The maximum absolute atomic E-state index is 11.8. The second kappa shape index (κ2) is 7.05. The Morgan fingerprint density at radius 1 is 1.38 bits per heavy atom. The number of rotatable bonds is 7. The SMILES string of the molecule is CC(CN(C)C(=O)CCCN1C(=O)CN(C)C1=O)C(=O)O. The first-order chi connectivity index (χ1) is 9.73. The maximum atomic E-state index is 11.8. The number of aliphatic carboxylic acids is 1.